The van der Waals surface area contributed by atoms with Gasteiger partial charge in [-0.1, -0.05) is 30.3 Å². The minimum Gasteiger partial charge on any atom is -0.434 e. The number of nitrogens with zero attached hydrogens (tertiary/aromatic N) is 5. The summed E-state index contributed by atoms with van der Waals surface area (Å²) >= 11 is 0. The van der Waals surface area contributed by atoms with Crippen molar-refractivity contribution in [1.82, 2.24) is 25.0 Å². The smallest absolute Gasteiger partial charge is 0.271 e. The zero-order valence-electron chi connectivity index (χ0n) is 15.4. The summed E-state index contributed by atoms with van der Waals surface area (Å²) in [6.45, 7) is 1.75. The second-order valence-corrected chi connectivity index (χ2v) is 6.28. The molecule has 3 heterocycles. The maximum atomic E-state index is 11.8. The van der Waals surface area contributed by atoms with Crippen molar-refractivity contribution in [2.45, 2.75) is 13.5 Å². The van der Waals surface area contributed by atoms with Gasteiger partial charge in [0.1, 0.15) is 6.54 Å². The lowest BCUT2D eigenvalue weighted by Gasteiger charge is -2.01. The molecular weight excluding hydrogens is 372 g/mol. The monoisotopic (exact) mass is 388 g/mol. The first-order chi connectivity index (χ1) is 14.0. The molecule has 29 heavy (non-hydrogen) atoms. The maximum absolute atomic E-state index is 11.8. The molecular formula is C20H16N6O3. The lowest BCUT2D eigenvalue weighted by atomic mass is 10.1. The van der Waals surface area contributed by atoms with Crippen molar-refractivity contribution in [3.8, 4) is 22.9 Å². The summed E-state index contributed by atoms with van der Waals surface area (Å²) in [4.78, 5) is 33.1. The molecule has 4 rings (SSSR count). The van der Waals surface area contributed by atoms with E-state index in [0.29, 0.717) is 22.5 Å². The van der Waals surface area contributed by atoms with Crippen molar-refractivity contribution in [2.24, 2.45) is 5.73 Å². The summed E-state index contributed by atoms with van der Waals surface area (Å²) in [5, 5.41) is 8.51. The first kappa shape index (κ1) is 18.2. The number of ketones is 1. The molecule has 0 saturated heterocycles. The average Bonchev–Trinajstić information content (AvgIpc) is 3.36. The van der Waals surface area contributed by atoms with Crippen LogP contribution in [0.25, 0.3) is 22.9 Å². The fourth-order valence-electron chi connectivity index (χ4n) is 2.78. The Morgan fingerprint density at radius 2 is 1.97 bits per heavy atom. The van der Waals surface area contributed by atoms with Gasteiger partial charge in [-0.3, -0.25) is 14.6 Å². The van der Waals surface area contributed by atoms with Gasteiger partial charge in [0.15, 0.2) is 22.9 Å². The number of nitrogens with two attached hydrogens (primary N) is 1. The van der Waals surface area contributed by atoms with Gasteiger partial charge in [0.05, 0.1) is 11.9 Å². The summed E-state index contributed by atoms with van der Waals surface area (Å²) in [5.41, 5.74) is 7.70. The van der Waals surface area contributed by atoms with Crippen LogP contribution in [0.5, 0.6) is 0 Å². The first-order valence-electron chi connectivity index (χ1n) is 8.73. The number of carbonyl (C=O) groups is 2. The number of Topliss-reactive ketones (excluding diaryl/α,β-unsaturated/α-hetero) is 1. The van der Waals surface area contributed by atoms with E-state index in [2.05, 4.69) is 20.2 Å². The Labute approximate surface area is 165 Å². The number of oxazole rings is 1. The predicted molar refractivity (Wildman–Crippen MR) is 103 cm³/mol. The van der Waals surface area contributed by atoms with Crippen molar-refractivity contribution in [3.63, 3.8) is 0 Å². The van der Waals surface area contributed by atoms with Gasteiger partial charge in [-0.25, -0.2) is 4.98 Å². The van der Waals surface area contributed by atoms with E-state index in [1.165, 1.54) is 17.9 Å². The lowest BCUT2D eigenvalue weighted by Crippen LogP contribution is -2.12. The quantitative estimate of drug-likeness (QED) is 0.502. The normalized spacial score (nSPS) is 10.8. The Balaban J connectivity index is 1.64. The van der Waals surface area contributed by atoms with E-state index in [-0.39, 0.29) is 29.7 Å². The van der Waals surface area contributed by atoms with Crippen LogP contribution >= 0.6 is 0 Å². The molecule has 3 aromatic heterocycles. The van der Waals surface area contributed by atoms with E-state index in [0.717, 1.165) is 0 Å². The Hall–Kier alpha value is -4.14. The highest BCUT2D eigenvalue weighted by Gasteiger charge is 2.21. The standard InChI is InChI=1S/C20H16N6O3/c1-12(27)14-7-8-22-15(9-14)11-26-23-10-16(25-26)20-24-17(19(21)28)18(29-20)13-5-3-2-4-6-13/h2-10H,11H2,1H3,(H2,21,28). The predicted octanol–water partition coefficient (Wildman–Crippen LogP) is 2.34. The summed E-state index contributed by atoms with van der Waals surface area (Å²) in [5.74, 6) is -0.334. The van der Waals surface area contributed by atoms with Crippen LogP contribution in [0.2, 0.25) is 0 Å². The lowest BCUT2D eigenvalue weighted by molar-refractivity contribution is 0.0993. The molecule has 9 nitrogen and oxygen atoms in total. The summed E-state index contributed by atoms with van der Waals surface area (Å²) in [7, 11) is 0. The Morgan fingerprint density at radius 3 is 2.69 bits per heavy atom. The highest BCUT2D eigenvalue weighted by Crippen LogP contribution is 2.28. The van der Waals surface area contributed by atoms with Crippen LogP contribution in [0.15, 0.2) is 59.3 Å². The van der Waals surface area contributed by atoms with Gasteiger partial charge in [-0.15, -0.1) is 5.10 Å². The number of hydrogen-bond acceptors (Lipinski definition) is 7. The number of rotatable bonds is 6. The Morgan fingerprint density at radius 1 is 1.17 bits per heavy atom. The number of benzene rings is 1. The number of primary amides is 1. The van der Waals surface area contributed by atoms with E-state index in [1.54, 1.807) is 30.5 Å². The fraction of sp³-hybridized carbons (Fsp3) is 0.100. The molecule has 0 radical (unpaired) electrons. The molecule has 4 aromatic rings. The number of amides is 1. The van der Waals surface area contributed by atoms with Crippen molar-refractivity contribution >= 4 is 11.7 Å². The molecule has 0 spiro atoms. The minimum atomic E-state index is -0.698. The fourth-order valence-corrected chi connectivity index (χ4v) is 2.78. The number of aromatic nitrogens is 5. The molecule has 0 bridgehead atoms. The summed E-state index contributed by atoms with van der Waals surface area (Å²) in [6, 6.07) is 12.4. The SMILES string of the molecule is CC(=O)c1ccnc(Cn2ncc(-c3nc(C(N)=O)c(-c4ccccc4)o3)n2)c1. The van der Waals surface area contributed by atoms with E-state index >= 15 is 0 Å². The first-order valence-corrected chi connectivity index (χ1v) is 8.73. The van der Waals surface area contributed by atoms with Crippen LogP contribution in [0.3, 0.4) is 0 Å². The van der Waals surface area contributed by atoms with Gasteiger partial charge in [0, 0.05) is 17.3 Å². The third-order valence-corrected chi connectivity index (χ3v) is 4.18. The molecule has 0 fully saturated rings. The molecule has 2 N–H and O–H groups in total. The van der Waals surface area contributed by atoms with Gasteiger partial charge >= 0.3 is 0 Å². The molecule has 1 aromatic carbocycles. The van der Waals surface area contributed by atoms with Gasteiger partial charge < -0.3 is 10.2 Å². The third-order valence-electron chi connectivity index (χ3n) is 4.18. The average molecular weight is 388 g/mol. The molecule has 1 amide bonds. The third kappa shape index (κ3) is 3.79. The number of hydrogen-bond donors (Lipinski definition) is 1. The topological polar surface area (TPSA) is 130 Å². The van der Waals surface area contributed by atoms with Crippen LogP contribution in [0, 0.1) is 0 Å². The Bertz CT molecular complexity index is 1200. The number of pyridine rings is 1. The highest BCUT2D eigenvalue weighted by molar-refractivity contribution is 5.97. The Kier molecular flexibility index (Phi) is 4.70. The number of carbonyl (C=O) groups excluding carboxylic acids is 2. The maximum Gasteiger partial charge on any atom is 0.271 e. The van der Waals surface area contributed by atoms with Crippen LogP contribution in [-0.2, 0) is 6.54 Å². The largest absolute Gasteiger partial charge is 0.434 e. The van der Waals surface area contributed by atoms with Crippen LogP contribution in [-0.4, -0.2) is 36.7 Å². The van der Waals surface area contributed by atoms with Crippen molar-refractivity contribution in [2.75, 3.05) is 0 Å². The summed E-state index contributed by atoms with van der Waals surface area (Å²) < 4.78 is 5.77. The van der Waals surface area contributed by atoms with Crippen LogP contribution in [0.4, 0.5) is 0 Å². The van der Waals surface area contributed by atoms with E-state index in [1.807, 2.05) is 18.2 Å². The van der Waals surface area contributed by atoms with Crippen molar-refractivity contribution in [3.05, 3.63) is 71.8 Å². The van der Waals surface area contributed by atoms with Crippen molar-refractivity contribution in [1.29, 1.82) is 0 Å². The van der Waals surface area contributed by atoms with Gasteiger partial charge in [-0.05, 0) is 19.1 Å². The van der Waals surface area contributed by atoms with E-state index in [4.69, 9.17) is 10.2 Å². The molecule has 0 aliphatic carbocycles. The highest BCUT2D eigenvalue weighted by atomic mass is 16.4. The molecule has 0 aliphatic rings. The van der Waals surface area contributed by atoms with Gasteiger partial charge in [0.25, 0.3) is 5.91 Å². The van der Waals surface area contributed by atoms with Crippen LogP contribution in [0.1, 0.15) is 33.5 Å². The second kappa shape index (κ2) is 7.47. The van der Waals surface area contributed by atoms with E-state index < -0.39 is 5.91 Å². The second-order valence-electron chi connectivity index (χ2n) is 6.28. The van der Waals surface area contributed by atoms with E-state index in [9.17, 15) is 9.59 Å². The molecule has 0 atom stereocenters. The van der Waals surface area contributed by atoms with Gasteiger partial charge in [-0.2, -0.15) is 9.90 Å². The molecule has 0 saturated carbocycles. The zero-order chi connectivity index (χ0) is 20.4. The van der Waals surface area contributed by atoms with Gasteiger partial charge in [0.2, 0.25) is 5.89 Å². The summed E-state index contributed by atoms with van der Waals surface area (Å²) in [6.07, 6.45) is 3.04. The molecule has 0 aliphatic heterocycles. The minimum absolute atomic E-state index is 0.0246. The molecule has 9 heteroatoms. The molecule has 0 unspecified atom stereocenters. The zero-order valence-corrected chi connectivity index (χ0v) is 15.4. The molecule has 144 valence electrons. The van der Waals surface area contributed by atoms with Crippen LogP contribution < -0.4 is 5.73 Å². The van der Waals surface area contributed by atoms with Crippen molar-refractivity contribution < 1.29 is 14.0 Å².